The van der Waals surface area contributed by atoms with E-state index in [-0.39, 0.29) is 0 Å². The molecule has 1 fully saturated rings. The third kappa shape index (κ3) is 3.82. The maximum atomic E-state index is 4.19. The van der Waals surface area contributed by atoms with Crippen LogP contribution in [0, 0.1) is 0 Å². The van der Waals surface area contributed by atoms with Crippen LogP contribution in [0.3, 0.4) is 0 Å². The van der Waals surface area contributed by atoms with E-state index < -0.39 is 0 Å². The second kappa shape index (κ2) is 6.34. The van der Waals surface area contributed by atoms with Crippen molar-refractivity contribution in [3.63, 3.8) is 0 Å². The van der Waals surface area contributed by atoms with E-state index in [9.17, 15) is 0 Å². The average molecular weight is 250 g/mol. The summed E-state index contributed by atoms with van der Waals surface area (Å²) in [7, 11) is 1.97. The van der Waals surface area contributed by atoms with Crippen molar-refractivity contribution in [2.45, 2.75) is 45.2 Å². The number of aryl methyl sites for hydroxylation is 1. The van der Waals surface area contributed by atoms with E-state index >= 15 is 0 Å². The number of likely N-dealkylation sites (tertiary alicyclic amines) is 1. The molecule has 1 saturated heterocycles. The van der Waals surface area contributed by atoms with E-state index in [1.54, 1.807) is 0 Å². The fourth-order valence-electron chi connectivity index (χ4n) is 2.64. The van der Waals surface area contributed by atoms with Gasteiger partial charge in [0, 0.05) is 25.3 Å². The fourth-order valence-corrected chi connectivity index (χ4v) is 2.64. The number of nitrogens with zero attached hydrogens (tertiary/aromatic N) is 3. The van der Waals surface area contributed by atoms with Gasteiger partial charge in [-0.2, -0.15) is 5.10 Å². The predicted octanol–water partition coefficient (Wildman–Crippen LogP) is 1.42. The van der Waals surface area contributed by atoms with E-state index in [1.165, 1.54) is 31.5 Å². The van der Waals surface area contributed by atoms with Gasteiger partial charge in [-0.15, -0.1) is 0 Å². The Morgan fingerprint density at radius 3 is 2.67 bits per heavy atom. The number of nitrogens with one attached hydrogen (secondary N) is 1. The minimum atomic E-state index is 0.696. The Labute approximate surface area is 110 Å². The Hall–Kier alpha value is -0.870. The molecule has 0 radical (unpaired) electrons. The summed E-state index contributed by atoms with van der Waals surface area (Å²) in [6.07, 6.45) is 7.71. The van der Waals surface area contributed by atoms with Crippen LogP contribution in [0.15, 0.2) is 12.4 Å². The van der Waals surface area contributed by atoms with Crippen molar-refractivity contribution in [2.75, 3.05) is 19.6 Å². The lowest BCUT2D eigenvalue weighted by Crippen LogP contribution is -2.45. The Bertz CT molecular complexity index is 350. The van der Waals surface area contributed by atoms with Gasteiger partial charge < -0.3 is 10.2 Å². The zero-order chi connectivity index (χ0) is 13.0. The van der Waals surface area contributed by atoms with Gasteiger partial charge in [-0.1, -0.05) is 0 Å². The monoisotopic (exact) mass is 250 g/mol. The third-order valence-corrected chi connectivity index (χ3v) is 3.86. The maximum Gasteiger partial charge on any atom is 0.0522 e. The van der Waals surface area contributed by atoms with Crippen LogP contribution < -0.4 is 5.32 Å². The summed E-state index contributed by atoms with van der Waals surface area (Å²) in [5.74, 6) is 0. The van der Waals surface area contributed by atoms with Crippen molar-refractivity contribution in [3.8, 4) is 0 Å². The molecule has 1 aromatic rings. The molecule has 0 atom stereocenters. The lowest BCUT2D eigenvalue weighted by atomic mass is 10.0. The van der Waals surface area contributed by atoms with Crippen molar-refractivity contribution < 1.29 is 0 Å². The summed E-state index contributed by atoms with van der Waals surface area (Å²) in [6, 6.07) is 1.40. The molecule has 4 heteroatoms. The van der Waals surface area contributed by atoms with Crippen LogP contribution in [0.2, 0.25) is 0 Å². The first-order valence-corrected chi connectivity index (χ1v) is 7.10. The first-order chi connectivity index (χ1) is 8.65. The molecule has 1 aliphatic rings. The molecule has 1 aromatic heterocycles. The first-order valence-electron chi connectivity index (χ1n) is 7.10. The van der Waals surface area contributed by atoms with Gasteiger partial charge in [0.25, 0.3) is 0 Å². The molecule has 0 saturated carbocycles. The minimum absolute atomic E-state index is 0.696. The Kier molecular flexibility index (Phi) is 4.78. The summed E-state index contributed by atoms with van der Waals surface area (Å²) in [5, 5.41) is 7.87. The van der Waals surface area contributed by atoms with Crippen LogP contribution in [0.5, 0.6) is 0 Å². The predicted molar refractivity (Wildman–Crippen MR) is 74.6 cm³/mol. The van der Waals surface area contributed by atoms with Gasteiger partial charge in [-0.25, -0.2) is 0 Å². The zero-order valence-corrected chi connectivity index (χ0v) is 11.9. The number of aromatic nitrogens is 2. The summed E-state index contributed by atoms with van der Waals surface area (Å²) in [4.78, 5) is 2.57. The normalized spacial score (nSPS) is 18.7. The van der Waals surface area contributed by atoms with E-state index in [2.05, 4.69) is 35.4 Å². The Balaban J connectivity index is 1.63. The molecule has 0 aromatic carbocycles. The highest BCUT2D eigenvalue weighted by Crippen LogP contribution is 2.12. The van der Waals surface area contributed by atoms with Crippen molar-refractivity contribution in [3.05, 3.63) is 18.0 Å². The van der Waals surface area contributed by atoms with Gasteiger partial charge in [0.1, 0.15) is 0 Å². The van der Waals surface area contributed by atoms with Crippen LogP contribution in [0.25, 0.3) is 0 Å². The highest BCUT2D eigenvalue weighted by molar-refractivity contribution is 5.03. The van der Waals surface area contributed by atoms with Crippen LogP contribution in [-0.2, 0) is 13.5 Å². The smallest absolute Gasteiger partial charge is 0.0522 e. The standard InChI is InChI=1S/C14H26N4/c1-12(2)18-8-5-14(6-9-18)15-7-4-13-10-16-17(3)11-13/h10-12,14-15H,4-9H2,1-3H3. The van der Waals surface area contributed by atoms with Crippen molar-refractivity contribution >= 4 is 0 Å². The maximum absolute atomic E-state index is 4.19. The lowest BCUT2D eigenvalue weighted by Gasteiger charge is -2.35. The van der Waals surface area contributed by atoms with Gasteiger partial charge in [-0.3, -0.25) is 4.68 Å². The average Bonchev–Trinajstić information content (AvgIpc) is 2.76. The molecule has 0 amide bonds. The third-order valence-electron chi connectivity index (χ3n) is 3.86. The molecule has 1 aliphatic heterocycles. The molecule has 1 N–H and O–H groups in total. The first kappa shape index (κ1) is 13.6. The summed E-state index contributed by atoms with van der Waals surface area (Å²) < 4.78 is 1.87. The number of piperidine rings is 1. The van der Waals surface area contributed by atoms with Crippen LogP contribution in [0.1, 0.15) is 32.3 Å². The molecule has 2 rings (SSSR count). The molecular weight excluding hydrogens is 224 g/mol. The van der Waals surface area contributed by atoms with Gasteiger partial charge in [-0.05, 0) is 58.3 Å². The second-order valence-corrected chi connectivity index (χ2v) is 5.63. The Morgan fingerprint density at radius 1 is 1.39 bits per heavy atom. The van der Waals surface area contributed by atoms with E-state index in [0.717, 1.165) is 13.0 Å². The van der Waals surface area contributed by atoms with Crippen LogP contribution >= 0.6 is 0 Å². The largest absolute Gasteiger partial charge is 0.314 e. The van der Waals surface area contributed by atoms with E-state index in [1.807, 2.05) is 17.9 Å². The molecule has 2 heterocycles. The molecule has 0 unspecified atom stereocenters. The molecular formula is C14H26N4. The number of rotatable bonds is 5. The van der Waals surface area contributed by atoms with Crippen molar-refractivity contribution in [1.29, 1.82) is 0 Å². The summed E-state index contributed by atoms with van der Waals surface area (Å²) in [6.45, 7) is 8.12. The van der Waals surface area contributed by atoms with Gasteiger partial charge >= 0.3 is 0 Å². The molecule has 0 bridgehead atoms. The number of hydrogen-bond donors (Lipinski definition) is 1. The quantitative estimate of drug-likeness (QED) is 0.858. The highest BCUT2D eigenvalue weighted by Gasteiger charge is 2.19. The summed E-state index contributed by atoms with van der Waals surface area (Å²) >= 11 is 0. The zero-order valence-electron chi connectivity index (χ0n) is 11.9. The van der Waals surface area contributed by atoms with Crippen LogP contribution in [0.4, 0.5) is 0 Å². The highest BCUT2D eigenvalue weighted by atomic mass is 15.2. The molecule has 0 spiro atoms. The Morgan fingerprint density at radius 2 is 2.11 bits per heavy atom. The van der Waals surface area contributed by atoms with Crippen molar-refractivity contribution in [1.82, 2.24) is 20.0 Å². The molecule has 0 aliphatic carbocycles. The SMILES string of the molecule is CC(C)N1CCC(NCCc2cnn(C)c2)CC1. The van der Waals surface area contributed by atoms with E-state index in [4.69, 9.17) is 0 Å². The van der Waals surface area contributed by atoms with Gasteiger partial charge in [0.15, 0.2) is 0 Å². The summed E-state index contributed by atoms with van der Waals surface area (Å²) in [5.41, 5.74) is 1.32. The fraction of sp³-hybridized carbons (Fsp3) is 0.786. The van der Waals surface area contributed by atoms with Gasteiger partial charge in [0.2, 0.25) is 0 Å². The topological polar surface area (TPSA) is 33.1 Å². The molecule has 4 nitrogen and oxygen atoms in total. The van der Waals surface area contributed by atoms with Gasteiger partial charge in [0.05, 0.1) is 6.20 Å². The lowest BCUT2D eigenvalue weighted by molar-refractivity contribution is 0.161. The molecule has 102 valence electrons. The molecule has 18 heavy (non-hydrogen) atoms. The number of hydrogen-bond acceptors (Lipinski definition) is 3. The minimum Gasteiger partial charge on any atom is -0.314 e. The van der Waals surface area contributed by atoms with Crippen LogP contribution in [-0.4, -0.2) is 46.4 Å². The second-order valence-electron chi connectivity index (χ2n) is 5.63. The van der Waals surface area contributed by atoms with E-state index in [0.29, 0.717) is 12.1 Å². The van der Waals surface area contributed by atoms with Crippen molar-refractivity contribution in [2.24, 2.45) is 7.05 Å².